The number of fused-ring (bicyclic) bond motifs is 1. The van der Waals surface area contributed by atoms with E-state index in [9.17, 15) is 9.65 Å². The number of benzene rings is 1. The van der Waals surface area contributed by atoms with Crippen LogP contribution in [0.4, 0.5) is 21.0 Å². The third-order valence-electron chi connectivity index (χ3n) is 6.18. The standard InChI is InChI=1S/C25H27FN8S2/c1-4-19-23(31(3)25-29-22(20(16-27)36-25)17-6-8-18(26)9-7-17)24-28-21(10-11-34(24)30-19)32-12-14-33(15-13-32)35-5-2/h6-11H,4-5,12-15H2,1-3H3. The van der Waals surface area contributed by atoms with Gasteiger partial charge in [-0.2, -0.15) is 10.4 Å². The molecule has 0 spiro atoms. The van der Waals surface area contributed by atoms with Gasteiger partial charge in [0, 0.05) is 50.7 Å². The Morgan fingerprint density at radius 3 is 2.53 bits per heavy atom. The number of aromatic nitrogens is 4. The molecule has 0 aliphatic carbocycles. The third-order valence-corrected chi connectivity index (χ3v) is 8.21. The zero-order valence-corrected chi connectivity index (χ0v) is 22.1. The van der Waals surface area contributed by atoms with Crippen LogP contribution in [0.15, 0.2) is 36.5 Å². The number of piperazine rings is 1. The van der Waals surface area contributed by atoms with Gasteiger partial charge in [-0.15, -0.1) is 0 Å². The molecule has 3 aromatic heterocycles. The van der Waals surface area contributed by atoms with Crippen LogP contribution < -0.4 is 9.80 Å². The predicted octanol–water partition coefficient (Wildman–Crippen LogP) is 4.98. The van der Waals surface area contributed by atoms with E-state index in [0.29, 0.717) is 21.3 Å². The van der Waals surface area contributed by atoms with E-state index in [2.05, 4.69) is 29.1 Å². The lowest BCUT2D eigenvalue weighted by Crippen LogP contribution is -2.43. The summed E-state index contributed by atoms with van der Waals surface area (Å²) in [6.07, 6.45) is 2.69. The molecule has 5 rings (SSSR count). The van der Waals surface area contributed by atoms with Crippen LogP contribution in [0.2, 0.25) is 0 Å². The van der Waals surface area contributed by atoms with Gasteiger partial charge >= 0.3 is 0 Å². The zero-order chi connectivity index (χ0) is 25.2. The van der Waals surface area contributed by atoms with Gasteiger partial charge in [-0.25, -0.2) is 23.2 Å². The summed E-state index contributed by atoms with van der Waals surface area (Å²) < 4.78 is 17.7. The van der Waals surface area contributed by atoms with Crippen LogP contribution in [0.25, 0.3) is 16.9 Å². The van der Waals surface area contributed by atoms with Gasteiger partial charge in [-0.05, 0) is 36.8 Å². The Balaban J connectivity index is 1.50. The van der Waals surface area contributed by atoms with Gasteiger partial charge in [-0.3, -0.25) is 0 Å². The van der Waals surface area contributed by atoms with Crippen molar-refractivity contribution in [2.75, 3.05) is 48.8 Å². The topological polar surface area (TPSA) is 76.6 Å². The Hall–Kier alpha value is -3.20. The van der Waals surface area contributed by atoms with Crippen LogP contribution in [0, 0.1) is 17.1 Å². The second-order valence-electron chi connectivity index (χ2n) is 8.39. The molecule has 0 radical (unpaired) electrons. The first kappa shape index (κ1) is 24.5. The molecular formula is C25H27FN8S2. The number of hydrogen-bond donors (Lipinski definition) is 0. The maximum Gasteiger partial charge on any atom is 0.191 e. The first-order valence-electron chi connectivity index (χ1n) is 11.9. The Bertz CT molecular complexity index is 1400. The molecule has 36 heavy (non-hydrogen) atoms. The van der Waals surface area contributed by atoms with Crippen molar-refractivity contribution in [1.82, 2.24) is 23.9 Å². The normalized spacial score (nSPS) is 14.4. The Morgan fingerprint density at radius 2 is 1.86 bits per heavy atom. The fourth-order valence-electron chi connectivity index (χ4n) is 4.37. The highest BCUT2D eigenvalue weighted by molar-refractivity contribution is 7.96. The Morgan fingerprint density at radius 1 is 1.11 bits per heavy atom. The molecule has 11 heteroatoms. The van der Waals surface area contributed by atoms with Crippen molar-refractivity contribution in [3.8, 4) is 17.3 Å². The van der Waals surface area contributed by atoms with E-state index >= 15 is 0 Å². The lowest BCUT2D eigenvalue weighted by molar-refractivity contribution is 0.428. The summed E-state index contributed by atoms with van der Waals surface area (Å²) in [4.78, 5) is 14.6. The van der Waals surface area contributed by atoms with E-state index in [1.54, 1.807) is 12.1 Å². The fraction of sp³-hybridized carbons (Fsp3) is 0.360. The Labute approximate surface area is 218 Å². The van der Waals surface area contributed by atoms with Crippen molar-refractivity contribution in [3.63, 3.8) is 0 Å². The minimum Gasteiger partial charge on any atom is -0.354 e. The van der Waals surface area contributed by atoms with Crippen LogP contribution >= 0.6 is 23.3 Å². The SMILES string of the molecule is CCSN1CCN(c2ccn3nc(CC)c(N(C)c4nc(-c5ccc(F)cc5)c(C#N)s4)c3n2)CC1. The number of hydrogen-bond acceptors (Lipinski definition) is 9. The molecule has 1 aromatic carbocycles. The van der Waals surface area contributed by atoms with Gasteiger partial charge < -0.3 is 9.80 Å². The molecule has 4 aromatic rings. The molecule has 0 N–H and O–H groups in total. The highest BCUT2D eigenvalue weighted by Gasteiger charge is 2.24. The van der Waals surface area contributed by atoms with Crippen molar-refractivity contribution in [2.24, 2.45) is 0 Å². The highest BCUT2D eigenvalue weighted by Crippen LogP contribution is 2.38. The summed E-state index contributed by atoms with van der Waals surface area (Å²) in [6.45, 7) is 8.10. The summed E-state index contributed by atoms with van der Waals surface area (Å²) in [5, 5.41) is 15.2. The van der Waals surface area contributed by atoms with Crippen LogP contribution in [0.5, 0.6) is 0 Å². The number of thiazole rings is 1. The second-order valence-corrected chi connectivity index (χ2v) is 10.7. The van der Waals surface area contributed by atoms with Crippen molar-refractivity contribution in [3.05, 3.63) is 52.9 Å². The number of halogens is 1. The largest absolute Gasteiger partial charge is 0.354 e. The van der Waals surface area contributed by atoms with Crippen LogP contribution in [0.1, 0.15) is 24.4 Å². The minimum absolute atomic E-state index is 0.323. The van der Waals surface area contributed by atoms with Crippen molar-refractivity contribution >= 4 is 45.6 Å². The number of anilines is 3. The lowest BCUT2D eigenvalue weighted by atomic mass is 10.1. The minimum atomic E-state index is -0.323. The van der Waals surface area contributed by atoms with Crippen LogP contribution in [0.3, 0.4) is 0 Å². The van der Waals surface area contributed by atoms with Crippen molar-refractivity contribution in [1.29, 1.82) is 5.26 Å². The smallest absolute Gasteiger partial charge is 0.191 e. The van der Waals surface area contributed by atoms with E-state index in [0.717, 1.165) is 61.2 Å². The molecule has 1 saturated heterocycles. The molecule has 1 aliphatic heterocycles. The predicted molar refractivity (Wildman–Crippen MR) is 145 cm³/mol. The number of nitriles is 1. The zero-order valence-electron chi connectivity index (χ0n) is 20.5. The van der Waals surface area contributed by atoms with Gasteiger partial charge in [0.2, 0.25) is 0 Å². The fourth-order valence-corrected chi connectivity index (χ4v) is 6.01. The van der Waals surface area contributed by atoms with Crippen molar-refractivity contribution in [2.45, 2.75) is 20.3 Å². The summed E-state index contributed by atoms with van der Waals surface area (Å²) in [6, 6.07) is 10.3. The second kappa shape index (κ2) is 10.4. The van der Waals surface area contributed by atoms with E-state index < -0.39 is 0 Å². The quantitative estimate of drug-likeness (QED) is 0.315. The third kappa shape index (κ3) is 4.64. The molecule has 0 saturated carbocycles. The monoisotopic (exact) mass is 522 g/mol. The molecule has 0 bridgehead atoms. The first-order chi connectivity index (χ1) is 17.5. The van der Waals surface area contributed by atoms with Gasteiger partial charge in [0.15, 0.2) is 10.8 Å². The molecule has 1 fully saturated rings. The molecular weight excluding hydrogens is 495 g/mol. The maximum atomic E-state index is 13.4. The van der Waals surface area contributed by atoms with Crippen LogP contribution in [-0.4, -0.2) is 62.9 Å². The van der Waals surface area contributed by atoms with Gasteiger partial charge in [0.05, 0.1) is 5.69 Å². The molecule has 0 amide bonds. The highest BCUT2D eigenvalue weighted by atomic mass is 32.2. The van der Waals surface area contributed by atoms with Gasteiger partial charge in [0.25, 0.3) is 0 Å². The lowest BCUT2D eigenvalue weighted by Gasteiger charge is -2.34. The molecule has 186 valence electrons. The molecule has 0 atom stereocenters. The summed E-state index contributed by atoms with van der Waals surface area (Å²) in [7, 11) is 1.93. The van der Waals surface area contributed by atoms with E-state index in [4.69, 9.17) is 15.1 Å². The summed E-state index contributed by atoms with van der Waals surface area (Å²) in [5.41, 5.74) is 3.80. The number of nitrogens with zero attached hydrogens (tertiary/aromatic N) is 8. The van der Waals surface area contributed by atoms with E-state index in [1.165, 1.54) is 23.5 Å². The summed E-state index contributed by atoms with van der Waals surface area (Å²) >= 11 is 3.19. The average molecular weight is 523 g/mol. The Kier molecular flexibility index (Phi) is 7.09. The molecule has 8 nitrogen and oxygen atoms in total. The van der Waals surface area contributed by atoms with Gasteiger partial charge in [0.1, 0.15) is 34.0 Å². The molecule has 1 aliphatic rings. The van der Waals surface area contributed by atoms with E-state index in [1.807, 2.05) is 40.7 Å². The summed E-state index contributed by atoms with van der Waals surface area (Å²) in [5.74, 6) is 1.70. The number of rotatable bonds is 7. The molecule has 0 unspecified atom stereocenters. The average Bonchev–Trinajstić information content (AvgIpc) is 3.50. The van der Waals surface area contributed by atoms with Gasteiger partial charge in [-0.1, -0.05) is 37.1 Å². The van der Waals surface area contributed by atoms with E-state index in [-0.39, 0.29) is 5.82 Å². The first-order valence-corrected chi connectivity index (χ1v) is 13.7. The maximum absolute atomic E-state index is 13.4. The molecule has 4 heterocycles. The number of aryl methyl sites for hydroxylation is 1. The van der Waals surface area contributed by atoms with Crippen molar-refractivity contribution < 1.29 is 4.39 Å². The van der Waals surface area contributed by atoms with Crippen LogP contribution in [-0.2, 0) is 6.42 Å².